The number of nitrogens with zero attached hydrogens (tertiary/aromatic N) is 6. The molecule has 1 fully saturated rings. The first-order valence-electron chi connectivity index (χ1n) is 12.3. The van der Waals surface area contributed by atoms with E-state index in [9.17, 15) is 10.1 Å². The first-order valence-corrected chi connectivity index (χ1v) is 12.3. The molecule has 1 amide bonds. The van der Waals surface area contributed by atoms with E-state index in [-0.39, 0.29) is 12.5 Å². The Bertz CT molecular complexity index is 1510. The van der Waals surface area contributed by atoms with Crippen molar-refractivity contribution in [3.63, 3.8) is 0 Å². The van der Waals surface area contributed by atoms with Crippen molar-refractivity contribution >= 4 is 34.1 Å². The zero-order valence-corrected chi connectivity index (χ0v) is 21.3. The highest BCUT2D eigenvalue weighted by Crippen LogP contribution is 2.33. The number of amides is 1. The van der Waals surface area contributed by atoms with Gasteiger partial charge in [-0.1, -0.05) is 6.07 Å². The molecule has 4 aromatic rings. The molecule has 10 heteroatoms. The summed E-state index contributed by atoms with van der Waals surface area (Å²) in [6, 6.07) is 17.4. The van der Waals surface area contributed by atoms with Crippen molar-refractivity contribution in [1.82, 2.24) is 19.9 Å². The zero-order chi connectivity index (χ0) is 26.5. The highest BCUT2D eigenvalue weighted by molar-refractivity contribution is 6.05. The lowest BCUT2D eigenvalue weighted by Crippen LogP contribution is -2.49. The van der Waals surface area contributed by atoms with Crippen LogP contribution >= 0.6 is 0 Å². The number of hydrogen-bond acceptors (Lipinski definition) is 9. The van der Waals surface area contributed by atoms with Crippen LogP contribution < -0.4 is 20.3 Å². The van der Waals surface area contributed by atoms with Crippen molar-refractivity contribution in [2.75, 3.05) is 62.4 Å². The lowest BCUT2D eigenvalue weighted by Gasteiger charge is -2.35. The van der Waals surface area contributed by atoms with E-state index < -0.39 is 0 Å². The molecule has 1 saturated heterocycles. The van der Waals surface area contributed by atoms with Crippen LogP contribution in [0.1, 0.15) is 5.56 Å². The van der Waals surface area contributed by atoms with Gasteiger partial charge in [-0.05, 0) is 47.9 Å². The molecule has 192 valence electrons. The fourth-order valence-electron chi connectivity index (χ4n) is 4.60. The van der Waals surface area contributed by atoms with E-state index in [1.54, 1.807) is 38.7 Å². The standard InChI is InChI=1S/C28H28N8O2/c1-30-28-32-9-7-24(34-28)21-14-19-5-6-22(38-2)16-23(19)25(15-21)33-26(37)18-35-10-12-36(13-11-35)27-20(17-29)4-3-8-31-27/h3-9,14-16H,10-13,18H2,1-2H3,(H,33,37)(H,30,32,34). The maximum absolute atomic E-state index is 13.2. The van der Waals surface area contributed by atoms with Crippen LogP contribution in [-0.4, -0.2) is 72.6 Å². The Balaban J connectivity index is 1.34. The number of nitriles is 1. The molecular formula is C28H28N8O2. The summed E-state index contributed by atoms with van der Waals surface area (Å²) < 4.78 is 5.43. The fourth-order valence-corrected chi connectivity index (χ4v) is 4.60. The van der Waals surface area contributed by atoms with Gasteiger partial charge in [0.15, 0.2) is 0 Å². The van der Waals surface area contributed by atoms with Crippen molar-refractivity contribution in [3.05, 3.63) is 66.5 Å². The number of anilines is 3. The predicted octanol–water partition coefficient (Wildman–Crippen LogP) is 3.37. The largest absolute Gasteiger partial charge is 0.497 e. The van der Waals surface area contributed by atoms with Gasteiger partial charge in [-0.25, -0.2) is 15.0 Å². The van der Waals surface area contributed by atoms with Gasteiger partial charge in [0.25, 0.3) is 0 Å². The summed E-state index contributed by atoms with van der Waals surface area (Å²) in [5.74, 6) is 1.83. The van der Waals surface area contributed by atoms with Gasteiger partial charge in [0.05, 0.1) is 24.9 Å². The summed E-state index contributed by atoms with van der Waals surface area (Å²) in [5, 5.41) is 17.3. The van der Waals surface area contributed by atoms with Crippen molar-refractivity contribution < 1.29 is 9.53 Å². The molecule has 0 atom stereocenters. The van der Waals surface area contributed by atoms with Crippen LogP contribution in [0.5, 0.6) is 5.75 Å². The lowest BCUT2D eigenvalue weighted by atomic mass is 10.0. The molecule has 0 unspecified atom stereocenters. The number of carbonyl (C=O) groups excluding carboxylic acids is 1. The van der Waals surface area contributed by atoms with Gasteiger partial charge in [0, 0.05) is 62.3 Å². The minimum Gasteiger partial charge on any atom is -0.497 e. The molecule has 38 heavy (non-hydrogen) atoms. The zero-order valence-electron chi connectivity index (χ0n) is 21.3. The maximum atomic E-state index is 13.2. The summed E-state index contributed by atoms with van der Waals surface area (Å²) in [6.07, 6.45) is 3.40. The number of ether oxygens (including phenoxy) is 1. The number of carbonyl (C=O) groups is 1. The summed E-state index contributed by atoms with van der Waals surface area (Å²) in [6.45, 7) is 3.02. The van der Waals surface area contributed by atoms with E-state index in [2.05, 4.69) is 41.5 Å². The van der Waals surface area contributed by atoms with Crippen LogP contribution in [0.15, 0.2) is 60.9 Å². The number of methoxy groups -OCH3 is 1. The quantitative estimate of drug-likeness (QED) is 0.387. The Morgan fingerprint density at radius 2 is 1.92 bits per heavy atom. The van der Waals surface area contributed by atoms with E-state index >= 15 is 0 Å². The molecule has 2 aromatic carbocycles. The van der Waals surface area contributed by atoms with Gasteiger partial charge in [-0.15, -0.1) is 0 Å². The third kappa shape index (κ3) is 5.33. The number of rotatable bonds is 7. The van der Waals surface area contributed by atoms with Crippen LogP contribution in [0.3, 0.4) is 0 Å². The minimum atomic E-state index is -0.103. The number of aromatic nitrogens is 3. The predicted molar refractivity (Wildman–Crippen MR) is 147 cm³/mol. The normalized spacial score (nSPS) is 13.7. The Kier molecular flexibility index (Phi) is 7.28. The summed E-state index contributed by atoms with van der Waals surface area (Å²) in [5.41, 5.74) is 2.87. The number of nitrogens with one attached hydrogen (secondary N) is 2. The van der Waals surface area contributed by atoms with Crippen LogP contribution in [-0.2, 0) is 4.79 Å². The minimum absolute atomic E-state index is 0.103. The first kappa shape index (κ1) is 24.9. The second kappa shape index (κ2) is 11.1. The van der Waals surface area contributed by atoms with E-state index in [0.717, 1.165) is 22.0 Å². The van der Waals surface area contributed by atoms with Gasteiger partial charge in [-0.3, -0.25) is 9.69 Å². The molecule has 0 saturated carbocycles. The van der Waals surface area contributed by atoms with Crippen LogP contribution in [0.2, 0.25) is 0 Å². The van der Waals surface area contributed by atoms with Crippen molar-refractivity contribution in [2.24, 2.45) is 0 Å². The Morgan fingerprint density at radius 3 is 2.68 bits per heavy atom. The number of piperazine rings is 1. The number of benzene rings is 2. The molecule has 0 bridgehead atoms. The van der Waals surface area contributed by atoms with Gasteiger partial charge in [0.1, 0.15) is 17.6 Å². The van der Waals surface area contributed by atoms with E-state index in [1.165, 1.54) is 0 Å². The Morgan fingerprint density at radius 1 is 1.08 bits per heavy atom. The molecule has 0 aliphatic carbocycles. The third-order valence-electron chi connectivity index (χ3n) is 6.56. The first-order chi connectivity index (χ1) is 18.6. The van der Waals surface area contributed by atoms with Crippen LogP contribution in [0, 0.1) is 11.3 Å². The van der Waals surface area contributed by atoms with E-state index in [1.807, 2.05) is 36.4 Å². The second-order valence-electron chi connectivity index (χ2n) is 8.92. The number of fused-ring (bicyclic) bond motifs is 1. The molecule has 0 radical (unpaired) electrons. The van der Waals surface area contributed by atoms with Crippen molar-refractivity contribution in [3.8, 4) is 23.1 Å². The topological polar surface area (TPSA) is 119 Å². The summed E-state index contributed by atoms with van der Waals surface area (Å²) in [7, 11) is 3.40. The highest BCUT2D eigenvalue weighted by atomic mass is 16.5. The molecule has 1 aliphatic rings. The van der Waals surface area contributed by atoms with Gasteiger partial charge in [-0.2, -0.15) is 5.26 Å². The van der Waals surface area contributed by atoms with E-state index in [4.69, 9.17) is 4.74 Å². The Labute approximate surface area is 220 Å². The molecule has 1 aliphatic heterocycles. The summed E-state index contributed by atoms with van der Waals surface area (Å²) >= 11 is 0. The lowest BCUT2D eigenvalue weighted by molar-refractivity contribution is -0.117. The number of pyridine rings is 1. The SMILES string of the molecule is CNc1nccc(-c2cc(NC(=O)CN3CCN(c4ncccc4C#N)CC3)c3cc(OC)ccc3c2)n1. The molecule has 2 N–H and O–H groups in total. The molecule has 0 spiro atoms. The number of hydrogen-bond donors (Lipinski definition) is 2. The van der Waals surface area contributed by atoms with Crippen LogP contribution in [0.4, 0.5) is 17.5 Å². The van der Waals surface area contributed by atoms with Crippen LogP contribution in [0.25, 0.3) is 22.0 Å². The maximum Gasteiger partial charge on any atom is 0.238 e. The molecule has 3 heterocycles. The monoisotopic (exact) mass is 508 g/mol. The fraction of sp³-hybridized carbons (Fsp3) is 0.250. The molecule has 10 nitrogen and oxygen atoms in total. The van der Waals surface area contributed by atoms with Gasteiger partial charge >= 0.3 is 0 Å². The average molecular weight is 509 g/mol. The Hall–Kier alpha value is -4.75. The van der Waals surface area contributed by atoms with Crippen molar-refractivity contribution in [2.45, 2.75) is 0 Å². The smallest absolute Gasteiger partial charge is 0.238 e. The second-order valence-corrected chi connectivity index (χ2v) is 8.92. The van der Waals surface area contributed by atoms with Crippen molar-refractivity contribution in [1.29, 1.82) is 5.26 Å². The summed E-state index contributed by atoms with van der Waals surface area (Å²) in [4.78, 5) is 30.5. The molecule has 5 rings (SSSR count). The van der Waals surface area contributed by atoms with Gasteiger partial charge < -0.3 is 20.3 Å². The molecule has 2 aromatic heterocycles. The van der Waals surface area contributed by atoms with Gasteiger partial charge in [0.2, 0.25) is 11.9 Å². The third-order valence-corrected chi connectivity index (χ3v) is 6.56. The highest BCUT2D eigenvalue weighted by Gasteiger charge is 2.22. The molecular weight excluding hydrogens is 480 g/mol. The van der Waals surface area contributed by atoms with E-state index in [0.29, 0.717) is 54.9 Å². The average Bonchev–Trinajstić information content (AvgIpc) is 2.97.